The van der Waals surface area contributed by atoms with Crippen LogP contribution in [0.5, 0.6) is 0 Å². The number of aromatic nitrogens is 4. The predicted octanol–water partition coefficient (Wildman–Crippen LogP) is 0.229. The first-order valence-electron chi connectivity index (χ1n) is 10.3. The van der Waals surface area contributed by atoms with Crippen molar-refractivity contribution in [2.45, 2.75) is 32.5 Å². The maximum atomic E-state index is 12.9. The van der Waals surface area contributed by atoms with Gasteiger partial charge in [-0.1, -0.05) is 37.1 Å². The Morgan fingerprint density at radius 3 is 2.62 bits per heavy atom. The van der Waals surface area contributed by atoms with Gasteiger partial charge in [0.15, 0.2) is 0 Å². The highest BCUT2D eigenvalue weighted by Gasteiger charge is 2.54. The van der Waals surface area contributed by atoms with Crippen LogP contribution >= 0.6 is 0 Å². The molecule has 0 radical (unpaired) electrons. The van der Waals surface area contributed by atoms with Crippen LogP contribution in [-0.2, 0) is 4.79 Å². The number of aliphatic hydroxyl groups excluding tert-OH is 2. The van der Waals surface area contributed by atoms with E-state index in [-0.39, 0.29) is 29.6 Å². The van der Waals surface area contributed by atoms with Gasteiger partial charge in [0, 0.05) is 31.5 Å². The fourth-order valence-corrected chi connectivity index (χ4v) is 4.84. The van der Waals surface area contributed by atoms with E-state index in [0.717, 1.165) is 12.1 Å². The molecule has 2 aromatic rings. The number of para-hydroxylation sites is 1. The lowest BCUT2D eigenvalue weighted by molar-refractivity contribution is -0.145. The number of nitrogens with zero attached hydrogens (tertiary/aromatic N) is 5. The number of fused-ring (bicyclic) bond motifs is 1. The third-order valence-electron chi connectivity index (χ3n) is 6.36. The number of benzene rings is 1. The molecule has 1 aromatic heterocycles. The van der Waals surface area contributed by atoms with Crippen molar-refractivity contribution in [1.29, 1.82) is 0 Å². The van der Waals surface area contributed by atoms with E-state index >= 15 is 0 Å². The minimum absolute atomic E-state index is 0.0511. The Morgan fingerprint density at radius 2 is 1.90 bits per heavy atom. The summed E-state index contributed by atoms with van der Waals surface area (Å²) in [6, 6.07) is 9.60. The number of hydrogen-bond acceptors (Lipinski definition) is 7. The van der Waals surface area contributed by atoms with Gasteiger partial charge in [0.05, 0.1) is 17.9 Å². The van der Waals surface area contributed by atoms with Crippen LogP contribution in [0.1, 0.15) is 20.3 Å². The van der Waals surface area contributed by atoms with Gasteiger partial charge in [-0.15, -0.1) is 0 Å². The zero-order valence-electron chi connectivity index (χ0n) is 16.7. The Labute approximate surface area is 169 Å². The largest absolute Gasteiger partial charge is 0.390 e. The van der Waals surface area contributed by atoms with Crippen molar-refractivity contribution < 1.29 is 15.0 Å². The highest BCUT2D eigenvalue weighted by Crippen LogP contribution is 2.44. The van der Waals surface area contributed by atoms with Crippen LogP contribution < -0.4 is 10.2 Å². The molecule has 1 saturated heterocycles. The molecule has 156 valence electrons. The minimum atomic E-state index is -0.932. The van der Waals surface area contributed by atoms with Crippen LogP contribution in [0.15, 0.2) is 30.3 Å². The molecule has 9 heteroatoms. The van der Waals surface area contributed by atoms with E-state index in [0.29, 0.717) is 25.6 Å². The van der Waals surface area contributed by atoms with Crippen LogP contribution in [0.2, 0.25) is 0 Å². The fourth-order valence-electron chi connectivity index (χ4n) is 4.84. The molecule has 2 heterocycles. The van der Waals surface area contributed by atoms with Gasteiger partial charge in [-0.2, -0.15) is 4.68 Å². The topological polar surface area (TPSA) is 116 Å². The molecule has 1 aromatic carbocycles. The molecule has 1 aliphatic carbocycles. The average molecular weight is 400 g/mol. The SMILES string of the molecule is CCCNC(=O)[C@H]1[C@@H](C)[C@H](O)[C@@H](O)[C@H]2CN(c3nnnn3-c3ccccc3)C[C@@H]21. The summed E-state index contributed by atoms with van der Waals surface area (Å²) in [7, 11) is 0. The normalized spacial score (nSPS) is 31.5. The Kier molecular flexibility index (Phi) is 5.51. The number of rotatable bonds is 5. The third-order valence-corrected chi connectivity index (χ3v) is 6.36. The van der Waals surface area contributed by atoms with Crippen LogP contribution in [0.4, 0.5) is 5.95 Å². The summed E-state index contributed by atoms with van der Waals surface area (Å²) in [5, 5.41) is 36.4. The molecule has 1 saturated carbocycles. The molecule has 0 unspecified atom stereocenters. The maximum absolute atomic E-state index is 12.9. The van der Waals surface area contributed by atoms with Gasteiger partial charge in [0.2, 0.25) is 11.9 Å². The third kappa shape index (κ3) is 3.49. The van der Waals surface area contributed by atoms with Gasteiger partial charge < -0.3 is 20.4 Å². The Bertz CT molecular complexity index is 844. The Hall–Kier alpha value is -2.52. The van der Waals surface area contributed by atoms with E-state index in [1.807, 2.05) is 49.1 Å². The van der Waals surface area contributed by atoms with Crippen LogP contribution in [0.25, 0.3) is 5.69 Å². The van der Waals surface area contributed by atoms with Crippen molar-refractivity contribution in [2.75, 3.05) is 24.5 Å². The zero-order chi connectivity index (χ0) is 20.5. The molecular formula is C20H28N6O3. The van der Waals surface area contributed by atoms with Gasteiger partial charge >= 0.3 is 0 Å². The standard InChI is InChI=1S/C20H28N6O3/c1-3-9-21-19(29)16-12(2)17(27)18(28)15-11-25(10-14(15)16)20-22-23-24-26(20)13-7-5-4-6-8-13/h4-8,12,14-18,27-28H,3,9-11H2,1-2H3,(H,21,29)/t12-,14+,15+,16+,17+,18+/m1/s1. The first-order valence-corrected chi connectivity index (χ1v) is 10.3. The van der Waals surface area contributed by atoms with Crippen molar-refractivity contribution >= 4 is 11.9 Å². The molecule has 1 aliphatic heterocycles. The quantitative estimate of drug-likeness (QED) is 0.658. The fraction of sp³-hybridized carbons (Fsp3) is 0.600. The van der Waals surface area contributed by atoms with Crippen LogP contribution in [0.3, 0.4) is 0 Å². The number of carbonyl (C=O) groups excluding carboxylic acids is 1. The number of aliphatic hydroxyl groups is 2. The molecule has 9 nitrogen and oxygen atoms in total. The van der Waals surface area contributed by atoms with E-state index in [1.54, 1.807) is 4.68 Å². The molecule has 3 N–H and O–H groups in total. The average Bonchev–Trinajstić information content (AvgIpc) is 3.38. The zero-order valence-corrected chi connectivity index (χ0v) is 16.7. The predicted molar refractivity (Wildman–Crippen MR) is 106 cm³/mol. The number of carbonyl (C=O) groups is 1. The van der Waals surface area contributed by atoms with Gasteiger partial charge in [-0.05, 0) is 40.8 Å². The van der Waals surface area contributed by atoms with E-state index in [1.165, 1.54) is 0 Å². The lowest BCUT2D eigenvalue weighted by Crippen LogP contribution is -2.55. The van der Waals surface area contributed by atoms with Crippen LogP contribution in [-0.4, -0.2) is 68.2 Å². The number of anilines is 1. The summed E-state index contributed by atoms with van der Waals surface area (Å²) in [5.74, 6) is -0.470. The number of tetrazole rings is 1. The smallest absolute Gasteiger partial charge is 0.250 e. The Morgan fingerprint density at radius 1 is 1.17 bits per heavy atom. The van der Waals surface area contributed by atoms with Crippen LogP contribution in [0, 0.1) is 23.7 Å². The van der Waals surface area contributed by atoms with Crippen molar-refractivity contribution in [3.63, 3.8) is 0 Å². The highest BCUT2D eigenvalue weighted by atomic mass is 16.3. The van der Waals surface area contributed by atoms with Gasteiger partial charge in [-0.3, -0.25) is 4.79 Å². The monoisotopic (exact) mass is 400 g/mol. The summed E-state index contributed by atoms with van der Waals surface area (Å²) in [5.41, 5.74) is 0.841. The second kappa shape index (κ2) is 8.08. The van der Waals surface area contributed by atoms with Crippen molar-refractivity contribution in [3.05, 3.63) is 30.3 Å². The second-order valence-corrected chi connectivity index (χ2v) is 8.12. The van der Waals surface area contributed by atoms with Crippen molar-refractivity contribution in [1.82, 2.24) is 25.5 Å². The highest BCUT2D eigenvalue weighted by molar-refractivity contribution is 5.79. The summed E-state index contributed by atoms with van der Waals surface area (Å²) in [6.45, 7) is 5.49. The molecule has 0 spiro atoms. The second-order valence-electron chi connectivity index (χ2n) is 8.12. The summed E-state index contributed by atoms with van der Waals surface area (Å²) in [6.07, 6.45) is -0.959. The van der Waals surface area contributed by atoms with Gasteiger partial charge in [-0.25, -0.2) is 0 Å². The summed E-state index contributed by atoms with van der Waals surface area (Å²) >= 11 is 0. The van der Waals surface area contributed by atoms with E-state index in [2.05, 4.69) is 20.8 Å². The Balaban J connectivity index is 1.62. The summed E-state index contributed by atoms with van der Waals surface area (Å²) in [4.78, 5) is 14.9. The molecular weight excluding hydrogens is 372 g/mol. The van der Waals surface area contributed by atoms with E-state index in [4.69, 9.17) is 0 Å². The molecule has 4 rings (SSSR count). The minimum Gasteiger partial charge on any atom is -0.390 e. The van der Waals surface area contributed by atoms with Gasteiger partial charge in [0.1, 0.15) is 0 Å². The summed E-state index contributed by atoms with van der Waals surface area (Å²) < 4.78 is 1.66. The first-order chi connectivity index (χ1) is 14.0. The first kappa shape index (κ1) is 19.8. The van der Waals surface area contributed by atoms with Crippen molar-refractivity contribution in [2.24, 2.45) is 23.7 Å². The molecule has 0 bridgehead atoms. The maximum Gasteiger partial charge on any atom is 0.250 e. The van der Waals surface area contributed by atoms with E-state index < -0.39 is 12.2 Å². The number of hydrogen-bond donors (Lipinski definition) is 3. The van der Waals surface area contributed by atoms with E-state index in [9.17, 15) is 15.0 Å². The number of nitrogens with one attached hydrogen (secondary N) is 1. The lowest BCUT2D eigenvalue weighted by Gasteiger charge is -2.43. The molecule has 6 atom stereocenters. The van der Waals surface area contributed by atoms with Gasteiger partial charge in [0.25, 0.3) is 0 Å². The molecule has 29 heavy (non-hydrogen) atoms. The molecule has 1 amide bonds. The number of amides is 1. The van der Waals surface area contributed by atoms with Crippen molar-refractivity contribution in [3.8, 4) is 5.69 Å². The lowest BCUT2D eigenvalue weighted by atomic mass is 9.65. The molecule has 2 fully saturated rings. The molecule has 2 aliphatic rings.